The van der Waals surface area contributed by atoms with Crippen molar-refractivity contribution in [3.8, 4) is 0 Å². The van der Waals surface area contributed by atoms with E-state index in [-0.39, 0.29) is 0 Å². The van der Waals surface area contributed by atoms with Crippen LogP contribution >= 0.6 is 36.3 Å². The summed E-state index contributed by atoms with van der Waals surface area (Å²) in [5.41, 5.74) is 3.05. The Bertz CT molecular complexity index is 1010. The molecule has 1 heterocycles. The highest BCUT2D eigenvalue weighted by molar-refractivity contribution is 9.10. The lowest BCUT2D eigenvalue weighted by molar-refractivity contribution is 0.0528. The molecule has 144 valence electrons. The van der Waals surface area contributed by atoms with Crippen molar-refractivity contribution in [2.24, 2.45) is 0 Å². The summed E-state index contributed by atoms with van der Waals surface area (Å²) in [6, 6.07) is 10.3. The Morgan fingerprint density at radius 2 is 2.00 bits per heavy atom. The third-order valence-corrected chi connectivity index (χ3v) is 5.76. The van der Waals surface area contributed by atoms with Gasteiger partial charge in [0.25, 0.3) is 0 Å². The van der Waals surface area contributed by atoms with E-state index in [2.05, 4.69) is 50.4 Å². The van der Waals surface area contributed by atoms with E-state index in [1.807, 2.05) is 32.9 Å². The molecule has 0 aliphatic heterocycles. The number of carbonyl (C=O) groups excluding carboxylic acids is 1. The predicted molar refractivity (Wildman–Crippen MR) is 120 cm³/mol. The second-order valence-corrected chi connectivity index (χ2v) is 9.61. The van der Waals surface area contributed by atoms with Crippen molar-refractivity contribution in [2.75, 3.05) is 13.2 Å². The molecule has 1 aromatic heterocycles. The van der Waals surface area contributed by atoms with E-state index in [0.717, 1.165) is 14.9 Å². The topological polar surface area (TPSA) is 43.3 Å². The zero-order valence-corrected chi connectivity index (χ0v) is 19.2. The first-order valence-corrected chi connectivity index (χ1v) is 11.4. The van der Waals surface area contributed by atoms with E-state index >= 15 is 0 Å². The van der Waals surface area contributed by atoms with Gasteiger partial charge in [-0.15, -0.1) is 0 Å². The highest BCUT2D eigenvalue weighted by atomic mass is 79.9. The third-order valence-electron chi connectivity index (χ3n) is 4.15. The smallest absolute Gasteiger partial charge is 0.407 e. The Kier molecular flexibility index (Phi) is 6.05. The van der Waals surface area contributed by atoms with Gasteiger partial charge in [0.1, 0.15) is 5.60 Å². The summed E-state index contributed by atoms with van der Waals surface area (Å²) in [6.07, 6.45) is 0.322. The summed E-state index contributed by atoms with van der Waals surface area (Å²) in [7, 11) is 0.591. The predicted octanol–water partition coefficient (Wildman–Crippen LogP) is 6.35. The third kappa shape index (κ3) is 4.59. The molecular formula is C20H23BrClN2O2P. The van der Waals surface area contributed by atoms with Gasteiger partial charge in [-0.25, -0.2) is 4.79 Å². The number of aromatic nitrogens is 1. The van der Waals surface area contributed by atoms with Crippen molar-refractivity contribution in [3.05, 3.63) is 45.4 Å². The molecule has 0 aliphatic carbocycles. The molecule has 0 aliphatic rings. The highest BCUT2D eigenvalue weighted by Crippen LogP contribution is 2.38. The van der Waals surface area contributed by atoms with Gasteiger partial charge in [-0.05, 0) is 78.5 Å². The van der Waals surface area contributed by atoms with Gasteiger partial charge in [-0.1, -0.05) is 27.5 Å². The van der Waals surface area contributed by atoms with E-state index in [1.54, 1.807) is 0 Å². The number of rotatable bonds is 4. The van der Waals surface area contributed by atoms with Crippen LogP contribution in [0, 0.1) is 0 Å². The quantitative estimate of drug-likeness (QED) is 0.453. The first-order valence-electron chi connectivity index (χ1n) is 8.76. The van der Waals surface area contributed by atoms with Crippen LogP contribution in [0.3, 0.4) is 0 Å². The monoisotopic (exact) mass is 468 g/mol. The van der Waals surface area contributed by atoms with Crippen LogP contribution in [0.1, 0.15) is 26.3 Å². The number of benzene rings is 2. The maximum atomic E-state index is 11.9. The number of hydrogen-bond acceptors (Lipinski definition) is 2. The minimum atomic E-state index is -0.498. The fourth-order valence-corrected chi connectivity index (χ4v) is 4.80. The summed E-state index contributed by atoms with van der Waals surface area (Å²) in [6.45, 7) is 8.25. The van der Waals surface area contributed by atoms with Crippen molar-refractivity contribution < 1.29 is 9.53 Å². The van der Waals surface area contributed by atoms with Crippen LogP contribution in [0.2, 0.25) is 5.02 Å². The molecule has 1 unspecified atom stereocenters. The maximum absolute atomic E-state index is 11.9. The molecule has 1 amide bonds. The fraction of sp³-hybridized carbons (Fsp3) is 0.350. The Balaban J connectivity index is 1.96. The van der Waals surface area contributed by atoms with Crippen LogP contribution in [-0.4, -0.2) is 29.2 Å². The maximum Gasteiger partial charge on any atom is 0.407 e. The second kappa shape index (κ2) is 7.98. The van der Waals surface area contributed by atoms with Crippen molar-refractivity contribution in [1.29, 1.82) is 0 Å². The average Bonchev–Trinajstić information content (AvgIpc) is 2.86. The molecule has 1 N–H and O–H groups in total. The van der Waals surface area contributed by atoms with Gasteiger partial charge in [-0.3, -0.25) is 0 Å². The van der Waals surface area contributed by atoms with Crippen molar-refractivity contribution in [2.45, 2.75) is 32.8 Å². The Morgan fingerprint density at radius 1 is 1.26 bits per heavy atom. The molecule has 4 nitrogen and oxygen atoms in total. The molecule has 0 saturated heterocycles. The van der Waals surface area contributed by atoms with Crippen LogP contribution in [-0.2, 0) is 11.2 Å². The summed E-state index contributed by atoms with van der Waals surface area (Å²) < 4.78 is 8.66. The van der Waals surface area contributed by atoms with E-state index in [0.29, 0.717) is 21.7 Å². The van der Waals surface area contributed by atoms with Crippen molar-refractivity contribution >= 4 is 64.2 Å². The lowest BCUT2D eigenvalue weighted by atomic mass is 10.1. The molecule has 0 saturated carbocycles. The van der Waals surface area contributed by atoms with Crippen molar-refractivity contribution in [3.63, 3.8) is 0 Å². The van der Waals surface area contributed by atoms with E-state index in [4.69, 9.17) is 16.3 Å². The van der Waals surface area contributed by atoms with E-state index < -0.39 is 11.7 Å². The molecular weight excluding hydrogens is 447 g/mol. The van der Waals surface area contributed by atoms with E-state index in [9.17, 15) is 4.79 Å². The van der Waals surface area contributed by atoms with Gasteiger partial charge in [0.15, 0.2) is 0 Å². The van der Waals surface area contributed by atoms with Gasteiger partial charge in [0, 0.05) is 26.8 Å². The minimum absolute atomic E-state index is 0.390. The molecule has 0 radical (unpaired) electrons. The number of hydrogen-bond donors (Lipinski definition) is 1. The summed E-state index contributed by atoms with van der Waals surface area (Å²) in [5, 5.41) is 5.90. The summed E-state index contributed by atoms with van der Waals surface area (Å²) in [5.74, 6) is 0. The largest absolute Gasteiger partial charge is 0.444 e. The van der Waals surface area contributed by atoms with Gasteiger partial charge in [0.05, 0.1) is 11.0 Å². The van der Waals surface area contributed by atoms with Crippen LogP contribution < -0.4 is 5.32 Å². The Morgan fingerprint density at radius 3 is 2.67 bits per heavy atom. The SMILES string of the molecule is CPn1c2ccc(Cl)cc2c2cc(Br)cc(CCNC(=O)OC(C)(C)C)c21. The number of nitrogens with zero attached hydrogens (tertiary/aromatic N) is 1. The van der Waals surface area contributed by atoms with Gasteiger partial charge >= 0.3 is 6.09 Å². The summed E-state index contributed by atoms with van der Waals surface area (Å²) in [4.78, 5) is 11.9. The van der Waals surface area contributed by atoms with Crippen LogP contribution in [0.5, 0.6) is 0 Å². The number of fused-ring (bicyclic) bond motifs is 3. The molecule has 7 heteroatoms. The number of amides is 1. The highest BCUT2D eigenvalue weighted by Gasteiger charge is 2.17. The Hall–Kier alpha value is -1.29. The second-order valence-electron chi connectivity index (χ2n) is 7.36. The number of carbonyl (C=O) groups is 1. The average molecular weight is 470 g/mol. The van der Waals surface area contributed by atoms with Crippen molar-refractivity contribution in [1.82, 2.24) is 9.65 Å². The van der Waals surface area contributed by atoms with Gasteiger partial charge in [0.2, 0.25) is 0 Å². The zero-order chi connectivity index (χ0) is 19.8. The zero-order valence-electron chi connectivity index (χ0n) is 15.8. The molecule has 2 aromatic carbocycles. The lowest BCUT2D eigenvalue weighted by Gasteiger charge is -2.19. The van der Waals surface area contributed by atoms with Crippen LogP contribution in [0.15, 0.2) is 34.8 Å². The molecule has 0 fully saturated rings. The number of ether oxygens (including phenoxy) is 1. The molecule has 1 atom stereocenters. The normalized spacial score (nSPS) is 12.4. The lowest BCUT2D eigenvalue weighted by Crippen LogP contribution is -2.33. The number of halogens is 2. The first kappa shape index (κ1) is 20.4. The summed E-state index contributed by atoms with van der Waals surface area (Å²) >= 11 is 9.87. The first-order chi connectivity index (χ1) is 12.7. The fourth-order valence-electron chi connectivity index (χ4n) is 3.20. The van der Waals surface area contributed by atoms with Gasteiger partial charge in [-0.2, -0.15) is 0 Å². The number of nitrogens with one attached hydrogen (secondary N) is 1. The molecule has 0 spiro atoms. The van der Waals surface area contributed by atoms with Crippen LogP contribution in [0.4, 0.5) is 4.79 Å². The Labute approximate surface area is 174 Å². The number of alkyl carbamates (subject to hydrolysis) is 1. The van der Waals surface area contributed by atoms with Crippen LogP contribution in [0.25, 0.3) is 21.8 Å². The molecule has 27 heavy (non-hydrogen) atoms. The standard InChI is InChI=1S/C20H23BrClN2O2P/c1-20(2,3)26-19(25)23-8-7-12-9-13(21)10-16-15-11-14(22)5-6-17(15)24(27-4)18(12)16/h5-6,9-11,27H,7-8H2,1-4H3,(H,23,25). The molecule has 0 bridgehead atoms. The molecule has 3 aromatic rings. The molecule has 3 rings (SSSR count). The van der Waals surface area contributed by atoms with E-state index in [1.165, 1.54) is 22.0 Å². The minimum Gasteiger partial charge on any atom is -0.444 e. The van der Waals surface area contributed by atoms with Gasteiger partial charge < -0.3 is 14.4 Å².